The van der Waals surface area contributed by atoms with Gasteiger partial charge in [-0.15, -0.1) is 0 Å². The molecule has 0 spiro atoms. The van der Waals surface area contributed by atoms with Crippen molar-refractivity contribution in [1.82, 2.24) is 4.90 Å². The third kappa shape index (κ3) is 3.37. The first-order valence-electron chi connectivity index (χ1n) is 7.98. The van der Waals surface area contributed by atoms with Crippen LogP contribution in [0.2, 0.25) is 0 Å². The summed E-state index contributed by atoms with van der Waals surface area (Å²) in [7, 11) is 0. The normalized spacial score (nSPS) is 22.5. The zero-order valence-electron chi connectivity index (χ0n) is 12.6. The second-order valence-corrected chi connectivity index (χ2v) is 7.35. The van der Waals surface area contributed by atoms with Crippen LogP contribution in [0.5, 0.6) is 0 Å². The molecular formula is C17H25N3S. The van der Waals surface area contributed by atoms with E-state index >= 15 is 0 Å². The number of hydrogen-bond acceptors (Lipinski definition) is 2. The van der Waals surface area contributed by atoms with Gasteiger partial charge in [0.05, 0.1) is 6.54 Å². The monoisotopic (exact) mass is 303 g/mol. The van der Waals surface area contributed by atoms with Crippen LogP contribution < -0.4 is 5.73 Å². The summed E-state index contributed by atoms with van der Waals surface area (Å²) in [5.41, 5.74) is 7.89. The minimum Gasteiger partial charge on any atom is -0.370 e. The van der Waals surface area contributed by atoms with E-state index < -0.39 is 0 Å². The Labute approximate surface area is 132 Å². The first kappa shape index (κ1) is 14.8. The van der Waals surface area contributed by atoms with E-state index in [-0.39, 0.29) is 5.41 Å². The maximum absolute atomic E-state index is 6.23. The molecule has 114 valence electrons. The van der Waals surface area contributed by atoms with Crippen LogP contribution in [0.4, 0.5) is 0 Å². The Bertz CT molecular complexity index is 474. The SMILES string of the molecule is NC(=NCC1(c2ccccc2)CCCC1)N1CCSCC1. The molecule has 1 saturated heterocycles. The quantitative estimate of drug-likeness (QED) is 0.689. The smallest absolute Gasteiger partial charge is 0.191 e. The molecule has 1 saturated carbocycles. The summed E-state index contributed by atoms with van der Waals surface area (Å²) in [6.45, 7) is 2.92. The Morgan fingerprint density at radius 3 is 2.48 bits per heavy atom. The van der Waals surface area contributed by atoms with Crippen molar-refractivity contribution in [2.75, 3.05) is 31.1 Å². The molecule has 21 heavy (non-hydrogen) atoms. The van der Waals surface area contributed by atoms with Crippen molar-refractivity contribution in [1.29, 1.82) is 0 Å². The molecule has 3 rings (SSSR count). The number of thioether (sulfide) groups is 1. The van der Waals surface area contributed by atoms with E-state index in [1.807, 2.05) is 11.8 Å². The molecule has 0 aromatic heterocycles. The fourth-order valence-corrected chi connectivity index (χ4v) is 4.41. The van der Waals surface area contributed by atoms with Gasteiger partial charge in [-0.25, -0.2) is 0 Å². The van der Waals surface area contributed by atoms with Gasteiger partial charge in [0.15, 0.2) is 5.96 Å². The lowest BCUT2D eigenvalue weighted by Crippen LogP contribution is -2.43. The van der Waals surface area contributed by atoms with E-state index in [2.05, 4.69) is 35.2 Å². The molecular weight excluding hydrogens is 278 g/mol. The van der Waals surface area contributed by atoms with Crippen LogP contribution in [0.15, 0.2) is 35.3 Å². The molecule has 1 heterocycles. The summed E-state index contributed by atoms with van der Waals surface area (Å²) >= 11 is 2.00. The summed E-state index contributed by atoms with van der Waals surface area (Å²) < 4.78 is 0. The van der Waals surface area contributed by atoms with Gasteiger partial charge in [-0.2, -0.15) is 11.8 Å². The van der Waals surface area contributed by atoms with Crippen LogP contribution >= 0.6 is 11.8 Å². The molecule has 2 N–H and O–H groups in total. The largest absolute Gasteiger partial charge is 0.370 e. The van der Waals surface area contributed by atoms with Crippen LogP contribution in [0.1, 0.15) is 31.2 Å². The van der Waals surface area contributed by atoms with Gasteiger partial charge in [0, 0.05) is 30.0 Å². The predicted octanol–water partition coefficient (Wildman–Crippen LogP) is 2.86. The first-order valence-corrected chi connectivity index (χ1v) is 9.14. The van der Waals surface area contributed by atoms with Crippen molar-refractivity contribution in [2.45, 2.75) is 31.1 Å². The fourth-order valence-electron chi connectivity index (χ4n) is 3.51. The van der Waals surface area contributed by atoms with E-state index in [1.54, 1.807) is 0 Å². The van der Waals surface area contributed by atoms with Crippen LogP contribution in [-0.4, -0.2) is 42.0 Å². The molecule has 0 radical (unpaired) electrons. The molecule has 1 aliphatic heterocycles. The van der Waals surface area contributed by atoms with Crippen molar-refractivity contribution in [3.05, 3.63) is 35.9 Å². The third-order valence-electron chi connectivity index (χ3n) is 4.83. The minimum absolute atomic E-state index is 0.219. The number of benzene rings is 1. The number of hydrogen-bond donors (Lipinski definition) is 1. The Balaban J connectivity index is 1.73. The Hall–Kier alpha value is -1.16. The molecule has 0 atom stereocenters. The van der Waals surface area contributed by atoms with E-state index in [4.69, 9.17) is 10.7 Å². The van der Waals surface area contributed by atoms with Crippen molar-refractivity contribution >= 4 is 17.7 Å². The minimum atomic E-state index is 0.219. The molecule has 1 aromatic carbocycles. The van der Waals surface area contributed by atoms with E-state index in [1.165, 1.54) is 42.8 Å². The van der Waals surface area contributed by atoms with Crippen molar-refractivity contribution in [3.63, 3.8) is 0 Å². The van der Waals surface area contributed by atoms with E-state index in [9.17, 15) is 0 Å². The maximum atomic E-state index is 6.23. The van der Waals surface area contributed by atoms with Crippen LogP contribution in [0.3, 0.4) is 0 Å². The fraction of sp³-hybridized carbons (Fsp3) is 0.588. The molecule has 0 amide bonds. The van der Waals surface area contributed by atoms with Gasteiger partial charge in [-0.1, -0.05) is 43.2 Å². The number of rotatable bonds is 3. The number of nitrogens with two attached hydrogens (primary N) is 1. The van der Waals surface area contributed by atoms with Crippen molar-refractivity contribution in [3.8, 4) is 0 Å². The average molecular weight is 303 g/mol. The molecule has 1 aliphatic carbocycles. The Morgan fingerprint density at radius 2 is 1.81 bits per heavy atom. The highest BCUT2D eigenvalue weighted by molar-refractivity contribution is 7.99. The van der Waals surface area contributed by atoms with Crippen LogP contribution in [0, 0.1) is 0 Å². The molecule has 3 nitrogen and oxygen atoms in total. The molecule has 4 heteroatoms. The van der Waals surface area contributed by atoms with Gasteiger partial charge >= 0.3 is 0 Å². The molecule has 0 bridgehead atoms. The summed E-state index contributed by atoms with van der Waals surface area (Å²) in [5.74, 6) is 3.08. The first-order chi connectivity index (χ1) is 10.3. The summed E-state index contributed by atoms with van der Waals surface area (Å²) in [4.78, 5) is 7.03. The van der Waals surface area contributed by atoms with E-state index in [0.717, 1.165) is 25.6 Å². The number of guanidine groups is 1. The predicted molar refractivity (Wildman–Crippen MR) is 92.0 cm³/mol. The Morgan fingerprint density at radius 1 is 1.14 bits per heavy atom. The lowest BCUT2D eigenvalue weighted by atomic mass is 9.79. The highest BCUT2D eigenvalue weighted by atomic mass is 32.2. The van der Waals surface area contributed by atoms with E-state index in [0.29, 0.717) is 0 Å². The summed E-state index contributed by atoms with van der Waals surface area (Å²) in [6, 6.07) is 10.9. The van der Waals surface area contributed by atoms with Gasteiger partial charge in [-0.05, 0) is 18.4 Å². The van der Waals surface area contributed by atoms with Crippen molar-refractivity contribution < 1.29 is 0 Å². The van der Waals surface area contributed by atoms with Gasteiger partial charge < -0.3 is 10.6 Å². The highest BCUT2D eigenvalue weighted by Gasteiger charge is 2.35. The molecule has 2 fully saturated rings. The van der Waals surface area contributed by atoms with Gasteiger partial charge in [-0.3, -0.25) is 4.99 Å². The maximum Gasteiger partial charge on any atom is 0.191 e. The lowest BCUT2D eigenvalue weighted by molar-refractivity contribution is 0.431. The van der Waals surface area contributed by atoms with Gasteiger partial charge in [0.25, 0.3) is 0 Å². The third-order valence-corrected chi connectivity index (χ3v) is 5.77. The zero-order chi connectivity index (χ0) is 14.5. The Kier molecular flexibility index (Phi) is 4.73. The zero-order valence-corrected chi connectivity index (χ0v) is 13.4. The summed E-state index contributed by atoms with van der Waals surface area (Å²) in [6.07, 6.45) is 5.10. The number of nitrogens with zero attached hydrogens (tertiary/aromatic N) is 2. The van der Waals surface area contributed by atoms with Gasteiger partial charge in [0.1, 0.15) is 0 Å². The van der Waals surface area contributed by atoms with Crippen molar-refractivity contribution in [2.24, 2.45) is 10.7 Å². The lowest BCUT2D eigenvalue weighted by Gasteiger charge is -2.30. The second-order valence-electron chi connectivity index (χ2n) is 6.13. The van der Waals surface area contributed by atoms with Crippen LogP contribution in [0.25, 0.3) is 0 Å². The molecule has 2 aliphatic rings. The van der Waals surface area contributed by atoms with Gasteiger partial charge in [0.2, 0.25) is 0 Å². The molecule has 0 unspecified atom stereocenters. The standard InChI is InChI=1S/C17H25N3S/c18-16(20-10-12-21-13-11-20)19-14-17(8-4-5-9-17)15-6-2-1-3-7-15/h1-3,6-7H,4-5,8-14H2,(H2,18,19). The number of aliphatic imine (C=N–C) groups is 1. The molecule has 1 aromatic rings. The summed E-state index contributed by atoms with van der Waals surface area (Å²) in [5, 5.41) is 0. The second kappa shape index (κ2) is 6.73. The average Bonchev–Trinajstić information content (AvgIpc) is 3.04. The highest BCUT2D eigenvalue weighted by Crippen LogP contribution is 2.41. The van der Waals surface area contributed by atoms with Crippen LogP contribution in [-0.2, 0) is 5.41 Å². The topological polar surface area (TPSA) is 41.6 Å².